The molecule has 0 aromatic heterocycles. The number of amides is 2. The van der Waals surface area contributed by atoms with Gasteiger partial charge in [-0.15, -0.1) is 0 Å². The molecule has 1 aromatic carbocycles. The van der Waals surface area contributed by atoms with E-state index in [0.717, 1.165) is 6.21 Å². The van der Waals surface area contributed by atoms with Crippen molar-refractivity contribution in [2.24, 2.45) is 5.10 Å². The second-order valence-corrected chi connectivity index (χ2v) is 3.47. The van der Waals surface area contributed by atoms with Crippen LogP contribution in [0.3, 0.4) is 0 Å². The van der Waals surface area contributed by atoms with Gasteiger partial charge in [0.15, 0.2) is 0 Å². The highest BCUT2D eigenvalue weighted by atomic mass is 19.1. The van der Waals surface area contributed by atoms with Crippen LogP contribution in [0.2, 0.25) is 0 Å². The molecule has 1 aromatic rings. The van der Waals surface area contributed by atoms with E-state index in [1.54, 1.807) is 6.07 Å². The minimum atomic E-state index is -0.927. The van der Waals surface area contributed by atoms with Gasteiger partial charge in [-0.25, -0.2) is 9.82 Å². The lowest BCUT2D eigenvalue weighted by Crippen LogP contribution is -2.39. The molecule has 0 spiro atoms. The number of nitrogens with zero attached hydrogens (tertiary/aromatic N) is 1. The Hall–Kier alpha value is -2.28. The lowest BCUT2D eigenvalue weighted by atomic mass is 10.2. The highest BCUT2D eigenvalue weighted by Crippen LogP contribution is 2.02. The van der Waals surface area contributed by atoms with E-state index in [-0.39, 0.29) is 12.1 Å². The predicted molar refractivity (Wildman–Crippen MR) is 67.0 cm³/mol. The molecular weight excluding hydrogens is 253 g/mol. The Morgan fingerprint density at radius 1 is 1.37 bits per heavy atom. The summed E-state index contributed by atoms with van der Waals surface area (Å²) in [6, 6.07) is 5.92. The standard InChI is InChI=1S/C12H14FN3O3/c1-19-7-6-14-11(17)12(18)16-15-8-9-4-2-3-5-10(9)13/h2-5,8H,6-7H2,1H3,(H,14,17)(H,16,18). The van der Waals surface area contributed by atoms with Crippen molar-refractivity contribution in [1.82, 2.24) is 10.7 Å². The lowest BCUT2D eigenvalue weighted by molar-refractivity contribution is -0.139. The Kier molecular flexibility index (Phi) is 6.17. The van der Waals surface area contributed by atoms with Crippen molar-refractivity contribution >= 4 is 18.0 Å². The Labute approximate surface area is 109 Å². The molecule has 2 N–H and O–H groups in total. The average Bonchev–Trinajstić information content (AvgIpc) is 2.41. The summed E-state index contributed by atoms with van der Waals surface area (Å²) in [7, 11) is 1.48. The van der Waals surface area contributed by atoms with E-state index in [1.807, 2.05) is 5.43 Å². The Balaban J connectivity index is 2.41. The fourth-order valence-corrected chi connectivity index (χ4v) is 1.14. The zero-order chi connectivity index (χ0) is 14.1. The van der Waals surface area contributed by atoms with Crippen LogP contribution in [-0.2, 0) is 14.3 Å². The van der Waals surface area contributed by atoms with Crippen molar-refractivity contribution in [2.75, 3.05) is 20.3 Å². The maximum Gasteiger partial charge on any atom is 0.329 e. The maximum atomic E-state index is 13.2. The molecule has 0 saturated carbocycles. The van der Waals surface area contributed by atoms with Gasteiger partial charge in [-0.3, -0.25) is 9.59 Å². The van der Waals surface area contributed by atoms with Crippen LogP contribution in [0.5, 0.6) is 0 Å². The maximum absolute atomic E-state index is 13.2. The van der Waals surface area contributed by atoms with Gasteiger partial charge in [-0.05, 0) is 6.07 Å². The molecule has 7 heteroatoms. The SMILES string of the molecule is COCCNC(=O)C(=O)NN=Cc1ccccc1F. The second-order valence-electron chi connectivity index (χ2n) is 3.47. The molecule has 102 valence electrons. The molecule has 0 radical (unpaired) electrons. The van der Waals surface area contributed by atoms with Crippen molar-refractivity contribution in [3.63, 3.8) is 0 Å². The number of carbonyl (C=O) groups excluding carboxylic acids is 2. The second kappa shape index (κ2) is 7.93. The molecule has 2 amide bonds. The number of nitrogens with one attached hydrogen (secondary N) is 2. The molecule has 6 nitrogen and oxygen atoms in total. The number of methoxy groups -OCH3 is 1. The third-order valence-corrected chi connectivity index (χ3v) is 2.07. The molecule has 0 aliphatic heterocycles. The third-order valence-electron chi connectivity index (χ3n) is 2.07. The fourth-order valence-electron chi connectivity index (χ4n) is 1.14. The number of hydrogen-bond donors (Lipinski definition) is 2. The van der Waals surface area contributed by atoms with Crippen LogP contribution in [0.1, 0.15) is 5.56 Å². The fraction of sp³-hybridized carbons (Fsp3) is 0.250. The molecular formula is C12H14FN3O3. The summed E-state index contributed by atoms with van der Waals surface area (Å²) < 4.78 is 17.9. The van der Waals surface area contributed by atoms with Crippen LogP contribution in [-0.4, -0.2) is 38.3 Å². The Morgan fingerprint density at radius 3 is 2.79 bits per heavy atom. The van der Waals surface area contributed by atoms with Gasteiger partial charge in [0.25, 0.3) is 0 Å². The van der Waals surface area contributed by atoms with E-state index in [2.05, 4.69) is 10.4 Å². The number of rotatable bonds is 5. The average molecular weight is 267 g/mol. The van der Waals surface area contributed by atoms with Crippen LogP contribution in [0, 0.1) is 5.82 Å². The van der Waals surface area contributed by atoms with Gasteiger partial charge in [0, 0.05) is 19.2 Å². The summed E-state index contributed by atoms with van der Waals surface area (Å²) in [5, 5.41) is 5.81. The summed E-state index contributed by atoms with van der Waals surface area (Å²) in [5.41, 5.74) is 2.21. The Bertz CT molecular complexity index is 477. The smallest absolute Gasteiger partial charge is 0.329 e. The van der Waals surface area contributed by atoms with Gasteiger partial charge in [0.05, 0.1) is 12.8 Å². The summed E-state index contributed by atoms with van der Waals surface area (Å²) in [5.74, 6) is -2.23. The number of carbonyl (C=O) groups is 2. The van der Waals surface area contributed by atoms with Crippen molar-refractivity contribution in [1.29, 1.82) is 0 Å². The monoisotopic (exact) mass is 267 g/mol. The zero-order valence-electron chi connectivity index (χ0n) is 10.4. The van der Waals surface area contributed by atoms with Crippen molar-refractivity contribution < 1.29 is 18.7 Å². The van der Waals surface area contributed by atoms with Crippen LogP contribution in [0.15, 0.2) is 29.4 Å². The first kappa shape index (κ1) is 14.8. The van der Waals surface area contributed by atoms with E-state index in [0.29, 0.717) is 6.61 Å². The molecule has 0 atom stereocenters. The molecule has 0 aliphatic rings. The topological polar surface area (TPSA) is 79.8 Å². The molecule has 0 fully saturated rings. The first-order valence-electron chi connectivity index (χ1n) is 5.50. The quantitative estimate of drug-likeness (QED) is 0.342. The molecule has 0 bridgehead atoms. The summed E-state index contributed by atoms with van der Waals surface area (Å²) >= 11 is 0. The van der Waals surface area contributed by atoms with Gasteiger partial charge >= 0.3 is 11.8 Å². The van der Waals surface area contributed by atoms with Gasteiger partial charge < -0.3 is 10.1 Å². The van der Waals surface area contributed by atoms with Gasteiger partial charge in [0.2, 0.25) is 0 Å². The van der Waals surface area contributed by atoms with E-state index in [9.17, 15) is 14.0 Å². The van der Waals surface area contributed by atoms with Crippen LogP contribution < -0.4 is 10.7 Å². The predicted octanol–water partition coefficient (Wildman–Crippen LogP) is 0.0384. The van der Waals surface area contributed by atoms with Crippen LogP contribution in [0.25, 0.3) is 0 Å². The van der Waals surface area contributed by atoms with Crippen LogP contribution >= 0.6 is 0 Å². The summed E-state index contributed by atoms with van der Waals surface area (Å²) in [4.78, 5) is 22.4. The van der Waals surface area contributed by atoms with Crippen LogP contribution in [0.4, 0.5) is 4.39 Å². The lowest BCUT2D eigenvalue weighted by Gasteiger charge is -2.02. The molecule has 0 heterocycles. The van der Waals surface area contributed by atoms with E-state index in [4.69, 9.17) is 4.74 Å². The third kappa shape index (κ3) is 5.26. The van der Waals surface area contributed by atoms with Gasteiger partial charge in [-0.1, -0.05) is 18.2 Å². The number of hydrogen-bond acceptors (Lipinski definition) is 4. The summed E-state index contributed by atoms with van der Waals surface area (Å²) in [6.07, 6.45) is 1.12. The van der Waals surface area contributed by atoms with E-state index >= 15 is 0 Å². The first-order valence-corrected chi connectivity index (χ1v) is 5.50. The highest BCUT2D eigenvalue weighted by Gasteiger charge is 2.11. The molecule has 0 aliphatic carbocycles. The molecule has 0 unspecified atom stereocenters. The molecule has 1 rings (SSSR count). The number of hydrazone groups is 1. The largest absolute Gasteiger partial charge is 0.383 e. The molecule has 0 saturated heterocycles. The zero-order valence-corrected chi connectivity index (χ0v) is 10.4. The van der Waals surface area contributed by atoms with Crippen molar-refractivity contribution in [3.8, 4) is 0 Å². The first-order chi connectivity index (χ1) is 9.15. The normalized spacial score (nSPS) is 10.4. The number of halogens is 1. The van der Waals surface area contributed by atoms with Gasteiger partial charge in [0.1, 0.15) is 5.82 Å². The minimum absolute atomic E-state index is 0.211. The summed E-state index contributed by atoms with van der Waals surface area (Å²) in [6.45, 7) is 0.525. The number of benzene rings is 1. The van der Waals surface area contributed by atoms with Crippen molar-refractivity contribution in [2.45, 2.75) is 0 Å². The Morgan fingerprint density at radius 2 is 2.11 bits per heavy atom. The van der Waals surface area contributed by atoms with E-state index in [1.165, 1.54) is 25.3 Å². The van der Waals surface area contributed by atoms with Crippen molar-refractivity contribution in [3.05, 3.63) is 35.6 Å². The number of ether oxygens (including phenoxy) is 1. The minimum Gasteiger partial charge on any atom is -0.383 e. The highest BCUT2D eigenvalue weighted by molar-refractivity contribution is 6.35. The van der Waals surface area contributed by atoms with Gasteiger partial charge in [-0.2, -0.15) is 5.10 Å². The van der Waals surface area contributed by atoms with E-state index < -0.39 is 17.6 Å². The molecule has 19 heavy (non-hydrogen) atoms.